The van der Waals surface area contributed by atoms with Gasteiger partial charge >= 0.3 is 0 Å². The van der Waals surface area contributed by atoms with Crippen LogP contribution in [0, 0.1) is 0 Å². The third-order valence-electron chi connectivity index (χ3n) is 2.86. The van der Waals surface area contributed by atoms with Crippen molar-refractivity contribution in [3.63, 3.8) is 0 Å². The van der Waals surface area contributed by atoms with Crippen molar-refractivity contribution >= 4 is 29.0 Å². The molecule has 0 fully saturated rings. The van der Waals surface area contributed by atoms with Gasteiger partial charge in [0.1, 0.15) is 11.5 Å². The summed E-state index contributed by atoms with van der Waals surface area (Å²) < 4.78 is 0. The van der Waals surface area contributed by atoms with Crippen molar-refractivity contribution in [3.8, 4) is 0 Å². The second-order valence-corrected chi connectivity index (χ2v) is 4.23. The predicted octanol–water partition coefficient (Wildman–Crippen LogP) is 3.38. The van der Waals surface area contributed by atoms with Crippen molar-refractivity contribution in [2.24, 2.45) is 0 Å². The lowest BCUT2D eigenvalue weighted by Crippen LogP contribution is -1.97. The first-order chi connectivity index (χ1) is 9.33. The van der Waals surface area contributed by atoms with E-state index in [0.717, 1.165) is 16.6 Å². The van der Waals surface area contributed by atoms with Crippen molar-refractivity contribution in [2.45, 2.75) is 0 Å². The van der Waals surface area contributed by atoms with Gasteiger partial charge in [0, 0.05) is 0 Å². The van der Waals surface area contributed by atoms with Crippen molar-refractivity contribution in [2.75, 3.05) is 5.73 Å². The molecule has 3 heteroatoms. The van der Waals surface area contributed by atoms with Gasteiger partial charge in [-0.25, -0.2) is 9.97 Å². The Morgan fingerprint density at radius 1 is 0.737 bits per heavy atom. The highest BCUT2D eigenvalue weighted by Crippen LogP contribution is 2.16. The third-order valence-corrected chi connectivity index (χ3v) is 2.86. The van der Waals surface area contributed by atoms with Crippen LogP contribution in [-0.2, 0) is 0 Å². The Morgan fingerprint density at radius 2 is 1.37 bits per heavy atom. The van der Waals surface area contributed by atoms with Crippen molar-refractivity contribution in [3.05, 3.63) is 65.9 Å². The normalized spacial score (nSPS) is 11.2. The molecule has 0 spiro atoms. The number of fused-ring (bicyclic) bond motifs is 1. The lowest BCUT2D eigenvalue weighted by Gasteiger charge is -2.02. The summed E-state index contributed by atoms with van der Waals surface area (Å²) in [5.74, 6) is 0.450. The van der Waals surface area contributed by atoms with Crippen LogP contribution in [0.1, 0.15) is 11.3 Å². The zero-order valence-corrected chi connectivity index (χ0v) is 10.3. The Labute approximate surface area is 111 Å². The van der Waals surface area contributed by atoms with E-state index in [-0.39, 0.29) is 0 Å². The topological polar surface area (TPSA) is 51.8 Å². The fourth-order valence-corrected chi connectivity index (χ4v) is 1.89. The van der Waals surface area contributed by atoms with Gasteiger partial charge in [-0.15, -0.1) is 0 Å². The quantitative estimate of drug-likeness (QED) is 0.755. The van der Waals surface area contributed by atoms with Crippen molar-refractivity contribution in [1.82, 2.24) is 9.97 Å². The molecule has 2 N–H and O–H groups in total. The number of nitrogens with zero attached hydrogens (tertiary/aromatic N) is 2. The molecule has 2 aromatic carbocycles. The standard InChI is InChI=1S/C16H13N3/c17-16-15(11-10-12-6-2-1-3-7-12)18-13-8-4-5-9-14(13)19-16/h1-11H,(H2,17,19). The van der Waals surface area contributed by atoms with E-state index >= 15 is 0 Å². The van der Waals surface area contributed by atoms with Gasteiger partial charge < -0.3 is 5.73 Å². The SMILES string of the molecule is Nc1nc2ccccc2nc1C=Cc1ccccc1. The van der Waals surface area contributed by atoms with Crippen LogP contribution in [0.2, 0.25) is 0 Å². The van der Waals surface area contributed by atoms with Crippen molar-refractivity contribution in [1.29, 1.82) is 0 Å². The molecule has 3 rings (SSSR count). The molecule has 0 aliphatic heterocycles. The number of nitrogen functional groups attached to an aromatic ring is 1. The highest BCUT2D eigenvalue weighted by atomic mass is 14.9. The number of para-hydroxylation sites is 2. The van der Waals surface area contributed by atoms with Crippen LogP contribution in [0.5, 0.6) is 0 Å². The summed E-state index contributed by atoms with van der Waals surface area (Å²) in [6.07, 6.45) is 3.87. The number of aromatic nitrogens is 2. The Bertz CT molecular complexity index is 733. The number of hydrogen-bond donors (Lipinski definition) is 1. The molecule has 0 amide bonds. The van der Waals surface area contributed by atoms with E-state index in [9.17, 15) is 0 Å². The molecule has 0 radical (unpaired) electrons. The van der Waals surface area contributed by atoms with Crippen LogP contribution < -0.4 is 5.73 Å². The summed E-state index contributed by atoms with van der Waals surface area (Å²) in [5, 5.41) is 0. The van der Waals surface area contributed by atoms with Gasteiger partial charge in [-0.1, -0.05) is 48.5 Å². The first-order valence-electron chi connectivity index (χ1n) is 6.08. The van der Waals surface area contributed by atoms with Gasteiger partial charge in [0.15, 0.2) is 0 Å². The second kappa shape index (κ2) is 4.90. The summed E-state index contributed by atoms with van der Waals surface area (Å²) in [5.41, 5.74) is 9.40. The molecule has 0 saturated heterocycles. The Hall–Kier alpha value is -2.68. The number of hydrogen-bond acceptors (Lipinski definition) is 3. The highest BCUT2D eigenvalue weighted by molar-refractivity contribution is 5.80. The molecule has 0 aliphatic carbocycles. The summed E-state index contributed by atoms with van der Waals surface area (Å²) in [7, 11) is 0. The molecule has 1 heterocycles. The fourth-order valence-electron chi connectivity index (χ4n) is 1.89. The molecule has 19 heavy (non-hydrogen) atoms. The molecule has 3 aromatic rings. The number of anilines is 1. The van der Waals surface area contributed by atoms with Crippen LogP contribution in [0.15, 0.2) is 54.6 Å². The maximum atomic E-state index is 5.93. The van der Waals surface area contributed by atoms with Crippen LogP contribution in [0.25, 0.3) is 23.2 Å². The van der Waals surface area contributed by atoms with E-state index in [0.29, 0.717) is 11.5 Å². The third kappa shape index (κ3) is 2.45. The average Bonchev–Trinajstić information content (AvgIpc) is 2.46. The molecule has 0 aliphatic rings. The minimum absolute atomic E-state index is 0.450. The van der Waals surface area contributed by atoms with E-state index < -0.39 is 0 Å². The van der Waals surface area contributed by atoms with Gasteiger partial charge in [-0.05, 0) is 23.8 Å². The highest BCUT2D eigenvalue weighted by Gasteiger charge is 2.02. The van der Waals surface area contributed by atoms with Gasteiger partial charge in [0.05, 0.1) is 11.0 Å². The summed E-state index contributed by atoms with van der Waals surface area (Å²) in [4.78, 5) is 8.87. The summed E-state index contributed by atoms with van der Waals surface area (Å²) >= 11 is 0. The first kappa shape index (κ1) is 11.4. The Balaban J connectivity index is 2.01. The lowest BCUT2D eigenvalue weighted by atomic mass is 10.2. The van der Waals surface area contributed by atoms with Crippen LogP contribution in [0.3, 0.4) is 0 Å². The summed E-state index contributed by atoms with van der Waals surface area (Å²) in [6.45, 7) is 0. The van der Waals surface area contributed by atoms with Crippen LogP contribution >= 0.6 is 0 Å². The van der Waals surface area contributed by atoms with E-state index in [2.05, 4.69) is 9.97 Å². The van der Waals surface area contributed by atoms with Gasteiger partial charge in [0.25, 0.3) is 0 Å². The van der Waals surface area contributed by atoms with E-state index in [4.69, 9.17) is 5.73 Å². The molecule has 3 nitrogen and oxygen atoms in total. The molecule has 0 unspecified atom stereocenters. The Morgan fingerprint density at radius 3 is 2.11 bits per heavy atom. The van der Waals surface area contributed by atoms with E-state index in [1.165, 1.54) is 0 Å². The molecule has 0 bridgehead atoms. The molecule has 1 aromatic heterocycles. The van der Waals surface area contributed by atoms with Crippen LogP contribution in [-0.4, -0.2) is 9.97 Å². The zero-order valence-electron chi connectivity index (χ0n) is 10.3. The zero-order chi connectivity index (χ0) is 13.1. The molecular weight excluding hydrogens is 234 g/mol. The monoisotopic (exact) mass is 247 g/mol. The molecule has 92 valence electrons. The largest absolute Gasteiger partial charge is 0.382 e. The van der Waals surface area contributed by atoms with E-state index in [1.54, 1.807) is 0 Å². The molecule has 0 saturated carbocycles. The number of nitrogens with two attached hydrogens (primary N) is 1. The average molecular weight is 247 g/mol. The first-order valence-corrected chi connectivity index (χ1v) is 6.08. The van der Waals surface area contributed by atoms with Crippen LogP contribution in [0.4, 0.5) is 5.82 Å². The van der Waals surface area contributed by atoms with E-state index in [1.807, 2.05) is 66.7 Å². The maximum Gasteiger partial charge on any atom is 0.150 e. The van der Waals surface area contributed by atoms with Crippen molar-refractivity contribution < 1.29 is 0 Å². The maximum absolute atomic E-state index is 5.93. The number of rotatable bonds is 2. The van der Waals surface area contributed by atoms with Gasteiger partial charge in [0.2, 0.25) is 0 Å². The molecular formula is C16H13N3. The Kier molecular flexibility index (Phi) is 2.94. The predicted molar refractivity (Wildman–Crippen MR) is 79.3 cm³/mol. The smallest absolute Gasteiger partial charge is 0.150 e. The second-order valence-electron chi connectivity index (χ2n) is 4.23. The minimum atomic E-state index is 0.450. The number of benzene rings is 2. The van der Waals surface area contributed by atoms with Gasteiger partial charge in [-0.3, -0.25) is 0 Å². The van der Waals surface area contributed by atoms with Gasteiger partial charge in [-0.2, -0.15) is 0 Å². The molecule has 0 atom stereocenters. The summed E-state index contributed by atoms with van der Waals surface area (Å²) in [6, 6.07) is 17.7. The fraction of sp³-hybridized carbons (Fsp3) is 0. The minimum Gasteiger partial charge on any atom is -0.382 e. The lowest BCUT2D eigenvalue weighted by molar-refractivity contribution is 1.28.